The molecule has 2 N–H and O–H groups in total. The van der Waals surface area contributed by atoms with Gasteiger partial charge in [-0.15, -0.1) is 0 Å². The van der Waals surface area contributed by atoms with E-state index in [0.29, 0.717) is 11.3 Å². The van der Waals surface area contributed by atoms with E-state index >= 15 is 0 Å². The first-order valence-electron chi connectivity index (χ1n) is 8.77. The molecule has 3 rings (SSSR count). The van der Waals surface area contributed by atoms with E-state index in [-0.39, 0.29) is 12.5 Å². The standard InChI is InChI=1S/C18H20FN3O5/c19-12-5-3-4-11(8-12)14-9-15(27-22-14)17(24)26-10-16(23)21-18(25)20-13-6-1-2-7-13/h3-5,8,13,15H,1-2,6-7,9-10H2,(H2,20,21,23,25). The summed E-state index contributed by atoms with van der Waals surface area (Å²) >= 11 is 0. The monoisotopic (exact) mass is 377 g/mol. The number of nitrogens with one attached hydrogen (secondary N) is 2. The van der Waals surface area contributed by atoms with Gasteiger partial charge in [0.15, 0.2) is 6.61 Å². The lowest BCUT2D eigenvalue weighted by Crippen LogP contribution is -2.45. The van der Waals surface area contributed by atoms with Gasteiger partial charge in [0, 0.05) is 18.0 Å². The van der Waals surface area contributed by atoms with Gasteiger partial charge in [0.2, 0.25) is 6.10 Å². The number of halogens is 1. The fraction of sp³-hybridized carbons (Fsp3) is 0.444. The van der Waals surface area contributed by atoms with Crippen molar-refractivity contribution in [3.63, 3.8) is 0 Å². The van der Waals surface area contributed by atoms with Crippen molar-refractivity contribution in [2.45, 2.75) is 44.2 Å². The minimum atomic E-state index is -1.01. The third-order valence-electron chi connectivity index (χ3n) is 4.38. The second-order valence-corrected chi connectivity index (χ2v) is 6.46. The van der Waals surface area contributed by atoms with Crippen LogP contribution < -0.4 is 10.6 Å². The van der Waals surface area contributed by atoms with E-state index in [0.717, 1.165) is 25.7 Å². The molecule has 1 unspecified atom stereocenters. The summed E-state index contributed by atoms with van der Waals surface area (Å²) in [6, 6.07) is 5.23. The predicted molar refractivity (Wildman–Crippen MR) is 92.3 cm³/mol. The van der Waals surface area contributed by atoms with Crippen molar-refractivity contribution in [1.82, 2.24) is 10.6 Å². The number of imide groups is 1. The highest BCUT2D eigenvalue weighted by Crippen LogP contribution is 2.19. The molecule has 1 heterocycles. The van der Waals surface area contributed by atoms with E-state index in [1.807, 2.05) is 0 Å². The number of hydrogen-bond acceptors (Lipinski definition) is 6. The molecule has 1 aliphatic carbocycles. The van der Waals surface area contributed by atoms with Crippen molar-refractivity contribution in [1.29, 1.82) is 0 Å². The zero-order valence-corrected chi connectivity index (χ0v) is 14.6. The van der Waals surface area contributed by atoms with E-state index in [4.69, 9.17) is 9.57 Å². The van der Waals surface area contributed by atoms with E-state index in [2.05, 4.69) is 15.8 Å². The summed E-state index contributed by atoms with van der Waals surface area (Å²) in [5.41, 5.74) is 0.920. The van der Waals surface area contributed by atoms with E-state index in [1.54, 1.807) is 6.07 Å². The van der Waals surface area contributed by atoms with Crippen molar-refractivity contribution in [3.8, 4) is 0 Å². The maximum atomic E-state index is 13.3. The first-order chi connectivity index (χ1) is 13.0. The highest BCUT2D eigenvalue weighted by Gasteiger charge is 2.31. The Balaban J connectivity index is 1.39. The van der Waals surface area contributed by atoms with Gasteiger partial charge >= 0.3 is 12.0 Å². The molecule has 3 amide bonds. The number of benzene rings is 1. The summed E-state index contributed by atoms with van der Waals surface area (Å²) in [4.78, 5) is 40.4. The third kappa shape index (κ3) is 5.25. The number of hydrogen-bond donors (Lipinski definition) is 2. The molecule has 1 aromatic rings. The van der Waals surface area contributed by atoms with Crippen molar-refractivity contribution >= 4 is 23.6 Å². The molecule has 0 spiro atoms. The minimum absolute atomic E-state index is 0.0747. The van der Waals surface area contributed by atoms with Crippen LogP contribution in [0.3, 0.4) is 0 Å². The Morgan fingerprint density at radius 2 is 2.04 bits per heavy atom. The molecule has 1 saturated carbocycles. The van der Waals surface area contributed by atoms with Gasteiger partial charge in [0.25, 0.3) is 5.91 Å². The molecule has 27 heavy (non-hydrogen) atoms. The summed E-state index contributed by atoms with van der Waals surface area (Å²) in [5.74, 6) is -1.94. The summed E-state index contributed by atoms with van der Waals surface area (Å²) in [6.07, 6.45) is 2.98. The predicted octanol–water partition coefficient (Wildman–Crippen LogP) is 1.63. The topological polar surface area (TPSA) is 106 Å². The van der Waals surface area contributed by atoms with Crippen LogP contribution in [0, 0.1) is 5.82 Å². The fourth-order valence-corrected chi connectivity index (χ4v) is 3.03. The first-order valence-corrected chi connectivity index (χ1v) is 8.77. The van der Waals surface area contributed by atoms with Gasteiger partial charge in [0.1, 0.15) is 5.82 Å². The number of esters is 1. The summed E-state index contributed by atoms with van der Waals surface area (Å²) in [7, 11) is 0. The number of amides is 3. The lowest BCUT2D eigenvalue weighted by atomic mass is 10.1. The average Bonchev–Trinajstić information content (AvgIpc) is 3.31. The fourth-order valence-electron chi connectivity index (χ4n) is 3.03. The zero-order chi connectivity index (χ0) is 19.2. The summed E-state index contributed by atoms with van der Waals surface area (Å²) in [5, 5.41) is 8.58. The van der Waals surface area contributed by atoms with Crippen LogP contribution in [0.15, 0.2) is 29.4 Å². The Morgan fingerprint density at radius 3 is 2.78 bits per heavy atom. The van der Waals surface area contributed by atoms with Crippen LogP contribution in [-0.4, -0.2) is 42.4 Å². The molecule has 0 saturated heterocycles. The highest BCUT2D eigenvalue weighted by molar-refractivity contribution is 6.03. The SMILES string of the molecule is O=C(COC(=O)C1CC(c2cccc(F)c2)=NO1)NC(=O)NC1CCCC1. The average molecular weight is 377 g/mol. The van der Waals surface area contributed by atoms with Crippen molar-refractivity contribution in [2.75, 3.05) is 6.61 Å². The van der Waals surface area contributed by atoms with E-state index in [1.165, 1.54) is 18.2 Å². The molecule has 0 radical (unpaired) electrons. The molecule has 1 aromatic carbocycles. The van der Waals surface area contributed by atoms with Gasteiger partial charge in [-0.2, -0.15) is 0 Å². The highest BCUT2D eigenvalue weighted by atomic mass is 19.1. The molecule has 0 aromatic heterocycles. The van der Waals surface area contributed by atoms with Crippen LogP contribution in [0.4, 0.5) is 9.18 Å². The van der Waals surface area contributed by atoms with Crippen molar-refractivity contribution in [2.24, 2.45) is 5.16 Å². The molecule has 1 fully saturated rings. The number of carbonyl (C=O) groups is 3. The molecule has 144 valence electrons. The Labute approximate surface area is 155 Å². The number of oxime groups is 1. The molecular formula is C18H20FN3O5. The molecule has 0 bridgehead atoms. The van der Waals surface area contributed by atoms with E-state index in [9.17, 15) is 18.8 Å². The molecule has 1 aliphatic heterocycles. The van der Waals surface area contributed by atoms with Crippen LogP contribution in [-0.2, 0) is 19.2 Å². The molecule has 8 nitrogen and oxygen atoms in total. The Bertz CT molecular complexity index is 761. The summed E-state index contributed by atoms with van der Waals surface area (Å²) in [6.45, 7) is -0.605. The molecular weight excluding hydrogens is 357 g/mol. The Kier molecular flexibility index (Phi) is 6.00. The lowest BCUT2D eigenvalue weighted by Gasteiger charge is -2.12. The maximum absolute atomic E-state index is 13.3. The van der Waals surface area contributed by atoms with Gasteiger partial charge in [-0.05, 0) is 25.0 Å². The zero-order valence-electron chi connectivity index (χ0n) is 14.6. The number of nitrogens with zero attached hydrogens (tertiary/aromatic N) is 1. The lowest BCUT2D eigenvalue weighted by molar-refractivity contribution is -0.158. The first kappa shape index (κ1) is 18.8. The van der Waals surface area contributed by atoms with Crippen LogP contribution in [0.1, 0.15) is 37.7 Å². The quantitative estimate of drug-likeness (QED) is 0.759. The van der Waals surface area contributed by atoms with E-state index < -0.39 is 36.4 Å². The molecule has 9 heteroatoms. The summed E-state index contributed by atoms with van der Waals surface area (Å²) < 4.78 is 18.1. The Hall–Kier alpha value is -2.97. The smallest absolute Gasteiger partial charge is 0.351 e. The minimum Gasteiger partial charge on any atom is -0.453 e. The van der Waals surface area contributed by atoms with Crippen LogP contribution in [0.5, 0.6) is 0 Å². The second kappa shape index (κ2) is 8.61. The van der Waals surface area contributed by atoms with Gasteiger partial charge in [0.05, 0.1) is 5.71 Å². The maximum Gasteiger partial charge on any atom is 0.351 e. The normalized spacial score (nSPS) is 19.1. The van der Waals surface area contributed by atoms with Gasteiger partial charge in [-0.1, -0.05) is 30.1 Å². The van der Waals surface area contributed by atoms with Crippen LogP contribution in [0.2, 0.25) is 0 Å². The number of urea groups is 1. The third-order valence-corrected chi connectivity index (χ3v) is 4.38. The van der Waals surface area contributed by atoms with Crippen molar-refractivity contribution in [3.05, 3.63) is 35.6 Å². The number of ether oxygens (including phenoxy) is 1. The molecule has 1 atom stereocenters. The van der Waals surface area contributed by atoms with Crippen LogP contribution in [0.25, 0.3) is 0 Å². The van der Waals surface area contributed by atoms with Crippen LogP contribution >= 0.6 is 0 Å². The van der Waals surface area contributed by atoms with Gasteiger partial charge in [-0.3, -0.25) is 10.1 Å². The Morgan fingerprint density at radius 1 is 1.26 bits per heavy atom. The van der Waals surface area contributed by atoms with Gasteiger partial charge in [-0.25, -0.2) is 14.0 Å². The molecule has 2 aliphatic rings. The van der Waals surface area contributed by atoms with Crippen molar-refractivity contribution < 1.29 is 28.3 Å². The number of carbonyl (C=O) groups excluding carboxylic acids is 3. The second-order valence-electron chi connectivity index (χ2n) is 6.46. The van der Waals surface area contributed by atoms with Gasteiger partial charge < -0.3 is 14.9 Å². The number of rotatable bonds is 5. The largest absolute Gasteiger partial charge is 0.453 e.